The summed E-state index contributed by atoms with van der Waals surface area (Å²) in [7, 11) is -4.00. The van der Waals surface area contributed by atoms with Crippen LogP contribution < -0.4 is 8.92 Å². The Hall–Kier alpha value is -2.24. The van der Waals surface area contributed by atoms with Crippen molar-refractivity contribution in [1.29, 1.82) is 0 Å². The molecule has 0 aliphatic rings. The average molecular weight is 377 g/mol. The first-order valence-corrected chi connectivity index (χ1v) is 9.56. The van der Waals surface area contributed by atoms with Crippen LogP contribution in [0.2, 0.25) is 5.02 Å². The van der Waals surface area contributed by atoms with Gasteiger partial charge in [0.1, 0.15) is 16.4 Å². The second-order valence-electron chi connectivity index (χ2n) is 5.49. The van der Waals surface area contributed by atoms with Crippen LogP contribution in [-0.2, 0) is 10.1 Å². The predicted octanol–water partition coefficient (Wildman–Crippen LogP) is 4.97. The van der Waals surface area contributed by atoms with Crippen molar-refractivity contribution in [2.75, 3.05) is 6.61 Å². The molecule has 0 atom stereocenters. The molecule has 3 aromatic rings. The van der Waals surface area contributed by atoms with Gasteiger partial charge in [-0.05, 0) is 49.7 Å². The van der Waals surface area contributed by atoms with Crippen LogP contribution in [0.5, 0.6) is 11.5 Å². The summed E-state index contributed by atoms with van der Waals surface area (Å²) >= 11 is 5.98. The van der Waals surface area contributed by atoms with Gasteiger partial charge in [-0.2, -0.15) is 8.42 Å². The van der Waals surface area contributed by atoms with Crippen LogP contribution in [0, 0.1) is 6.92 Å². The molecule has 130 valence electrons. The summed E-state index contributed by atoms with van der Waals surface area (Å²) in [6.45, 7) is 4.16. The van der Waals surface area contributed by atoms with E-state index in [0.29, 0.717) is 22.8 Å². The van der Waals surface area contributed by atoms with Crippen molar-refractivity contribution >= 4 is 32.5 Å². The summed E-state index contributed by atoms with van der Waals surface area (Å²) in [5, 5.41) is 1.83. The van der Waals surface area contributed by atoms with Crippen molar-refractivity contribution in [2.45, 2.75) is 18.7 Å². The molecule has 0 saturated carbocycles. The minimum atomic E-state index is -4.00. The quantitative estimate of drug-likeness (QED) is 0.590. The van der Waals surface area contributed by atoms with Gasteiger partial charge >= 0.3 is 10.1 Å². The topological polar surface area (TPSA) is 52.6 Å². The highest BCUT2D eigenvalue weighted by atomic mass is 35.5. The molecule has 0 heterocycles. The third kappa shape index (κ3) is 3.57. The first-order chi connectivity index (χ1) is 11.9. The summed E-state index contributed by atoms with van der Waals surface area (Å²) in [5.41, 5.74) is 0.742. The molecular formula is C19H17ClO4S. The number of hydrogen-bond donors (Lipinski definition) is 0. The standard InChI is InChI=1S/C19H17ClO4S/c1-3-23-18-10-11-19(16-7-5-4-6-15(16)18)25(21,22)24-14-8-9-17(20)13(2)12-14/h4-12H,3H2,1-2H3. The van der Waals surface area contributed by atoms with Crippen LogP contribution in [0.1, 0.15) is 12.5 Å². The maximum Gasteiger partial charge on any atom is 0.339 e. The number of rotatable bonds is 5. The average Bonchev–Trinajstić information content (AvgIpc) is 2.58. The van der Waals surface area contributed by atoms with E-state index in [4.69, 9.17) is 20.5 Å². The molecule has 0 N–H and O–H groups in total. The maximum atomic E-state index is 12.8. The highest BCUT2D eigenvalue weighted by Crippen LogP contribution is 2.33. The minimum Gasteiger partial charge on any atom is -0.493 e. The monoisotopic (exact) mass is 376 g/mol. The van der Waals surface area contributed by atoms with E-state index in [1.54, 1.807) is 37.3 Å². The highest BCUT2D eigenvalue weighted by molar-refractivity contribution is 7.87. The highest BCUT2D eigenvalue weighted by Gasteiger charge is 2.21. The van der Waals surface area contributed by atoms with E-state index >= 15 is 0 Å². The molecule has 25 heavy (non-hydrogen) atoms. The lowest BCUT2D eigenvalue weighted by Gasteiger charge is -2.13. The molecule has 0 spiro atoms. The molecule has 4 nitrogen and oxygen atoms in total. The number of fused-ring (bicyclic) bond motifs is 1. The van der Waals surface area contributed by atoms with Crippen molar-refractivity contribution < 1.29 is 17.3 Å². The van der Waals surface area contributed by atoms with Crippen LogP contribution >= 0.6 is 11.6 Å². The molecule has 0 fully saturated rings. The van der Waals surface area contributed by atoms with Gasteiger partial charge in [0.25, 0.3) is 0 Å². The van der Waals surface area contributed by atoms with E-state index in [-0.39, 0.29) is 10.6 Å². The Balaban J connectivity index is 2.08. The Morgan fingerprint density at radius 1 is 1.00 bits per heavy atom. The molecule has 0 unspecified atom stereocenters. The van der Waals surface area contributed by atoms with Crippen LogP contribution in [0.15, 0.2) is 59.5 Å². The third-order valence-electron chi connectivity index (χ3n) is 3.75. The SMILES string of the molecule is CCOc1ccc(S(=O)(=O)Oc2ccc(Cl)c(C)c2)c2ccccc12. The van der Waals surface area contributed by atoms with Gasteiger partial charge in [-0.25, -0.2) is 0 Å². The van der Waals surface area contributed by atoms with Crippen molar-refractivity contribution in [3.8, 4) is 11.5 Å². The number of ether oxygens (including phenoxy) is 1. The molecular weight excluding hydrogens is 360 g/mol. The Kier molecular flexibility index (Phi) is 4.88. The third-order valence-corrected chi connectivity index (χ3v) is 5.48. The Bertz CT molecular complexity index is 1030. The second-order valence-corrected chi connectivity index (χ2v) is 7.41. The van der Waals surface area contributed by atoms with Crippen LogP contribution in [0.25, 0.3) is 10.8 Å². The van der Waals surface area contributed by atoms with Gasteiger partial charge in [0.05, 0.1) is 6.61 Å². The zero-order valence-corrected chi connectivity index (χ0v) is 15.4. The van der Waals surface area contributed by atoms with Crippen LogP contribution in [0.3, 0.4) is 0 Å². The van der Waals surface area contributed by atoms with Gasteiger partial charge in [0.2, 0.25) is 0 Å². The minimum absolute atomic E-state index is 0.0964. The van der Waals surface area contributed by atoms with Crippen LogP contribution in [-0.4, -0.2) is 15.0 Å². The first-order valence-electron chi connectivity index (χ1n) is 7.77. The van der Waals surface area contributed by atoms with Crippen LogP contribution in [0.4, 0.5) is 0 Å². The number of aryl methyl sites for hydroxylation is 1. The number of halogens is 1. The number of hydrogen-bond acceptors (Lipinski definition) is 4. The molecule has 0 radical (unpaired) electrons. The van der Waals surface area contributed by atoms with Crippen molar-refractivity contribution in [1.82, 2.24) is 0 Å². The fourth-order valence-electron chi connectivity index (χ4n) is 2.58. The van der Waals surface area contributed by atoms with Crippen molar-refractivity contribution in [2.24, 2.45) is 0 Å². The second kappa shape index (κ2) is 6.94. The van der Waals surface area contributed by atoms with E-state index in [1.807, 2.05) is 19.1 Å². The molecule has 3 rings (SSSR count). The fraction of sp³-hybridized carbons (Fsp3) is 0.158. The summed E-state index contributed by atoms with van der Waals surface area (Å²) in [4.78, 5) is 0.0964. The molecule has 0 aromatic heterocycles. The van der Waals surface area contributed by atoms with Crippen molar-refractivity contribution in [3.05, 3.63) is 65.2 Å². The van der Waals surface area contributed by atoms with E-state index in [2.05, 4.69) is 0 Å². The summed E-state index contributed by atoms with van der Waals surface area (Å²) in [6.07, 6.45) is 0. The Morgan fingerprint density at radius 3 is 2.40 bits per heavy atom. The normalized spacial score (nSPS) is 11.5. The van der Waals surface area contributed by atoms with E-state index < -0.39 is 10.1 Å². The van der Waals surface area contributed by atoms with Gasteiger partial charge in [-0.15, -0.1) is 0 Å². The Labute approximate surface area is 152 Å². The molecule has 0 amide bonds. The first kappa shape index (κ1) is 17.6. The van der Waals surface area contributed by atoms with E-state index in [9.17, 15) is 8.42 Å². The lowest BCUT2D eigenvalue weighted by Crippen LogP contribution is -2.10. The molecule has 3 aromatic carbocycles. The zero-order valence-electron chi connectivity index (χ0n) is 13.8. The molecule has 0 aliphatic carbocycles. The largest absolute Gasteiger partial charge is 0.493 e. The van der Waals surface area contributed by atoms with E-state index in [0.717, 1.165) is 10.9 Å². The fourth-order valence-corrected chi connectivity index (χ4v) is 3.83. The van der Waals surface area contributed by atoms with Gasteiger partial charge in [-0.1, -0.05) is 35.9 Å². The van der Waals surface area contributed by atoms with Gasteiger partial charge < -0.3 is 8.92 Å². The van der Waals surface area contributed by atoms with Gasteiger partial charge in [0, 0.05) is 15.8 Å². The summed E-state index contributed by atoms with van der Waals surface area (Å²) in [6, 6.07) is 15.1. The maximum absolute atomic E-state index is 12.8. The smallest absolute Gasteiger partial charge is 0.339 e. The Morgan fingerprint density at radius 2 is 1.72 bits per heavy atom. The molecule has 0 bridgehead atoms. The lowest BCUT2D eigenvalue weighted by atomic mass is 10.1. The number of benzene rings is 3. The summed E-state index contributed by atoms with van der Waals surface area (Å²) < 4.78 is 36.5. The lowest BCUT2D eigenvalue weighted by molar-refractivity contribution is 0.344. The molecule has 0 aliphatic heterocycles. The van der Waals surface area contributed by atoms with Gasteiger partial charge in [-0.3, -0.25) is 0 Å². The van der Waals surface area contributed by atoms with E-state index in [1.165, 1.54) is 12.1 Å². The predicted molar refractivity (Wildman–Crippen MR) is 99.1 cm³/mol. The zero-order chi connectivity index (χ0) is 18.0. The van der Waals surface area contributed by atoms with Gasteiger partial charge in [0.15, 0.2) is 0 Å². The molecule has 0 saturated heterocycles. The summed E-state index contributed by atoms with van der Waals surface area (Å²) in [5.74, 6) is 0.860. The molecule has 6 heteroatoms. The van der Waals surface area contributed by atoms with Crippen molar-refractivity contribution in [3.63, 3.8) is 0 Å².